The Hall–Kier alpha value is 0.190. The van der Waals surface area contributed by atoms with Crippen molar-refractivity contribution in [3.05, 3.63) is 0 Å². The maximum Gasteiger partial charge on any atom is 0.0989 e. The first-order valence-corrected chi connectivity index (χ1v) is 9.17. The first kappa shape index (κ1) is 18.2. The third-order valence-electron chi connectivity index (χ3n) is 3.99. The van der Waals surface area contributed by atoms with Crippen LogP contribution in [0.1, 0.15) is 51.9 Å². The Kier molecular flexibility index (Phi) is 9.90. The molecule has 0 spiro atoms. The molecule has 1 fully saturated rings. The van der Waals surface area contributed by atoms with Crippen LogP contribution in [-0.2, 0) is 0 Å². The van der Waals surface area contributed by atoms with Gasteiger partial charge in [0.15, 0.2) is 0 Å². The lowest BCUT2D eigenvalue weighted by atomic mass is 10.1. The molecule has 0 saturated carbocycles. The SMILES string of the molecule is CCCCCCCCCSC[C@@H]1N[C@H](CO)[C@@H](O)[C@@H]1O. The molecule has 1 heterocycles. The standard InChI is InChI=1S/C15H31NO3S/c1-2-3-4-5-6-7-8-9-20-11-13-15(19)14(18)12(10-17)16-13/h12-19H,2-11H2,1H3/t12-,13+,14-,15-/m1/s1. The van der Waals surface area contributed by atoms with Crippen LogP contribution >= 0.6 is 11.8 Å². The summed E-state index contributed by atoms with van der Waals surface area (Å²) in [5.74, 6) is 1.91. The number of aliphatic hydroxyl groups is 3. The van der Waals surface area contributed by atoms with Gasteiger partial charge in [0.05, 0.1) is 24.9 Å². The molecule has 4 nitrogen and oxygen atoms in total. The minimum absolute atomic E-state index is 0.100. The summed E-state index contributed by atoms with van der Waals surface area (Å²) in [7, 11) is 0. The normalized spacial score (nSPS) is 30.0. The quantitative estimate of drug-likeness (QED) is 0.436. The predicted octanol–water partition coefficient (Wildman–Crippen LogP) is 1.52. The number of aliphatic hydroxyl groups excluding tert-OH is 3. The van der Waals surface area contributed by atoms with E-state index < -0.39 is 12.2 Å². The van der Waals surface area contributed by atoms with Crippen LogP contribution in [0.15, 0.2) is 0 Å². The van der Waals surface area contributed by atoms with Crippen LogP contribution in [0, 0.1) is 0 Å². The van der Waals surface area contributed by atoms with Crippen molar-refractivity contribution in [1.29, 1.82) is 0 Å². The zero-order valence-corrected chi connectivity index (χ0v) is 13.4. The van der Waals surface area contributed by atoms with E-state index in [2.05, 4.69) is 12.2 Å². The molecule has 0 aromatic heterocycles. The van der Waals surface area contributed by atoms with Crippen molar-refractivity contribution in [2.75, 3.05) is 18.1 Å². The van der Waals surface area contributed by atoms with E-state index in [0.717, 1.165) is 11.5 Å². The number of thioether (sulfide) groups is 1. The Labute approximate surface area is 127 Å². The van der Waals surface area contributed by atoms with Crippen LogP contribution in [0.4, 0.5) is 0 Å². The number of rotatable bonds is 11. The van der Waals surface area contributed by atoms with E-state index in [1.165, 1.54) is 44.9 Å². The van der Waals surface area contributed by atoms with Crippen molar-refractivity contribution in [2.24, 2.45) is 0 Å². The molecular weight excluding hydrogens is 274 g/mol. The van der Waals surface area contributed by atoms with Gasteiger partial charge in [0.2, 0.25) is 0 Å². The lowest BCUT2D eigenvalue weighted by molar-refractivity contribution is 0.0219. The first-order chi connectivity index (χ1) is 9.70. The first-order valence-electron chi connectivity index (χ1n) is 8.01. The van der Waals surface area contributed by atoms with Crippen molar-refractivity contribution in [3.8, 4) is 0 Å². The highest BCUT2D eigenvalue weighted by Gasteiger charge is 2.40. The monoisotopic (exact) mass is 305 g/mol. The molecule has 0 aliphatic carbocycles. The fourth-order valence-corrected chi connectivity index (χ4v) is 3.75. The van der Waals surface area contributed by atoms with E-state index in [9.17, 15) is 10.2 Å². The molecule has 4 atom stereocenters. The summed E-state index contributed by atoms with van der Waals surface area (Å²) >= 11 is 1.82. The Morgan fingerprint density at radius 3 is 2.10 bits per heavy atom. The van der Waals surface area contributed by atoms with E-state index >= 15 is 0 Å². The number of hydrogen-bond acceptors (Lipinski definition) is 5. The molecule has 1 rings (SSSR count). The molecule has 1 saturated heterocycles. The van der Waals surface area contributed by atoms with Gasteiger partial charge in [-0.05, 0) is 12.2 Å². The van der Waals surface area contributed by atoms with Gasteiger partial charge in [-0.1, -0.05) is 45.4 Å². The van der Waals surface area contributed by atoms with Gasteiger partial charge in [-0.25, -0.2) is 0 Å². The molecule has 0 bridgehead atoms. The summed E-state index contributed by atoms with van der Waals surface area (Å²) < 4.78 is 0. The van der Waals surface area contributed by atoms with Gasteiger partial charge in [-0.2, -0.15) is 11.8 Å². The second-order valence-corrected chi connectivity index (χ2v) is 6.89. The maximum absolute atomic E-state index is 9.85. The molecule has 1 aliphatic heterocycles. The minimum atomic E-state index is -0.843. The lowest BCUT2D eigenvalue weighted by Gasteiger charge is -2.15. The third-order valence-corrected chi connectivity index (χ3v) is 5.16. The number of hydrogen-bond donors (Lipinski definition) is 4. The number of nitrogens with one attached hydrogen (secondary N) is 1. The van der Waals surface area contributed by atoms with Gasteiger partial charge in [0.1, 0.15) is 0 Å². The molecule has 0 aromatic carbocycles. The van der Waals surface area contributed by atoms with Crippen LogP contribution in [0.2, 0.25) is 0 Å². The van der Waals surface area contributed by atoms with Crippen molar-refractivity contribution in [3.63, 3.8) is 0 Å². The van der Waals surface area contributed by atoms with Gasteiger partial charge in [0, 0.05) is 11.8 Å². The molecule has 0 unspecified atom stereocenters. The fourth-order valence-electron chi connectivity index (χ4n) is 2.63. The third kappa shape index (κ3) is 6.31. The summed E-state index contributed by atoms with van der Waals surface area (Å²) in [6.45, 7) is 2.11. The molecule has 0 aromatic rings. The highest BCUT2D eigenvalue weighted by molar-refractivity contribution is 7.99. The average Bonchev–Trinajstić information content (AvgIpc) is 2.73. The summed E-state index contributed by atoms with van der Waals surface area (Å²) in [4.78, 5) is 0. The van der Waals surface area contributed by atoms with Gasteiger partial charge in [-0.3, -0.25) is 0 Å². The van der Waals surface area contributed by atoms with E-state index in [1.54, 1.807) is 0 Å². The van der Waals surface area contributed by atoms with Crippen molar-refractivity contribution in [1.82, 2.24) is 5.32 Å². The summed E-state index contributed by atoms with van der Waals surface area (Å²) in [5, 5.41) is 31.7. The highest BCUT2D eigenvalue weighted by atomic mass is 32.2. The molecule has 5 heteroatoms. The zero-order valence-electron chi connectivity index (χ0n) is 12.6. The van der Waals surface area contributed by atoms with E-state index in [-0.39, 0.29) is 18.7 Å². The van der Waals surface area contributed by atoms with Crippen molar-refractivity contribution in [2.45, 2.75) is 76.2 Å². The van der Waals surface area contributed by atoms with Gasteiger partial charge in [0.25, 0.3) is 0 Å². The van der Waals surface area contributed by atoms with Crippen molar-refractivity contribution < 1.29 is 15.3 Å². The zero-order chi connectivity index (χ0) is 14.8. The maximum atomic E-state index is 9.85. The van der Waals surface area contributed by atoms with Crippen molar-refractivity contribution >= 4 is 11.8 Å². The Balaban J connectivity index is 1.96. The van der Waals surface area contributed by atoms with Crippen LogP contribution < -0.4 is 5.32 Å². The van der Waals surface area contributed by atoms with Gasteiger partial charge >= 0.3 is 0 Å². The van der Waals surface area contributed by atoms with Crippen LogP contribution in [0.3, 0.4) is 0 Å². The van der Waals surface area contributed by atoms with Crippen LogP contribution in [0.5, 0.6) is 0 Å². The minimum Gasteiger partial charge on any atom is -0.395 e. The second-order valence-electron chi connectivity index (χ2n) is 5.74. The molecule has 20 heavy (non-hydrogen) atoms. The summed E-state index contributed by atoms with van der Waals surface area (Å²) in [6.07, 6.45) is 7.62. The Morgan fingerprint density at radius 2 is 1.50 bits per heavy atom. The van der Waals surface area contributed by atoms with Crippen LogP contribution in [0.25, 0.3) is 0 Å². The predicted molar refractivity (Wildman–Crippen MR) is 85.1 cm³/mol. The molecule has 0 amide bonds. The fraction of sp³-hybridized carbons (Fsp3) is 1.00. The second kappa shape index (κ2) is 10.9. The smallest absolute Gasteiger partial charge is 0.0989 e. The topological polar surface area (TPSA) is 72.7 Å². The largest absolute Gasteiger partial charge is 0.395 e. The van der Waals surface area contributed by atoms with E-state index in [1.807, 2.05) is 11.8 Å². The molecule has 1 aliphatic rings. The average molecular weight is 305 g/mol. The van der Waals surface area contributed by atoms with Gasteiger partial charge < -0.3 is 20.6 Å². The number of unbranched alkanes of at least 4 members (excludes halogenated alkanes) is 6. The summed E-state index contributed by atoms with van der Waals surface area (Å²) in [5.41, 5.74) is 0. The van der Waals surface area contributed by atoms with E-state index in [0.29, 0.717) is 0 Å². The molecular formula is C15H31NO3S. The molecule has 4 N–H and O–H groups in total. The van der Waals surface area contributed by atoms with Crippen LogP contribution in [-0.4, -0.2) is 57.7 Å². The Morgan fingerprint density at radius 1 is 0.900 bits per heavy atom. The highest BCUT2D eigenvalue weighted by Crippen LogP contribution is 2.19. The lowest BCUT2D eigenvalue weighted by Crippen LogP contribution is -2.37. The molecule has 0 radical (unpaired) electrons. The van der Waals surface area contributed by atoms with E-state index in [4.69, 9.17) is 5.11 Å². The summed E-state index contributed by atoms with van der Waals surface area (Å²) in [6, 6.07) is -0.481. The molecule has 120 valence electrons. The Bertz CT molecular complexity index is 243. The van der Waals surface area contributed by atoms with Gasteiger partial charge in [-0.15, -0.1) is 0 Å².